The number of carbonyl (C=O) groups excluding carboxylic acids is 2. The van der Waals surface area contributed by atoms with Gasteiger partial charge in [-0.3, -0.25) is 9.59 Å². The predicted molar refractivity (Wildman–Crippen MR) is 81.4 cm³/mol. The van der Waals surface area contributed by atoms with E-state index in [1.807, 2.05) is 27.7 Å². The Bertz CT molecular complexity index is 420. The van der Waals surface area contributed by atoms with E-state index in [1.165, 1.54) is 5.54 Å². The highest BCUT2D eigenvalue weighted by Gasteiger charge is 2.46. The second-order valence-corrected chi connectivity index (χ2v) is 6.43. The lowest BCUT2D eigenvalue weighted by molar-refractivity contribution is -0.154. The van der Waals surface area contributed by atoms with E-state index >= 15 is 0 Å². The zero-order valence-corrected chi connectivity index (χ0v) is 13.8. The van der Waals surface area contributed by atoms with Gasteiger partial charge in [-0.25, -0.2) is 0 Å². The molecule has 1 saturated heterocycles. The van der Waals surface area contributed by atoms with Crippen molar-refractivity contribution in [1.29, 1.82) is 0 Å². The Hall–Kier alpha value is -1.03. The SMILES string of the molecule is CCC1(C)NC(=O)C(CC(C)C)N(CC(C)=CCl)C1=O. The molecule has 0 radical (unpaired) electrons. The van der Waals surface area contributed by atoms with E-state index in [2.05, 4.69) is 5.32 Å². The summed E-state index contributed by atoms with van der Waals surface area (Å²) in [4.78, 5) is 26.8. The van der Waals surface area contributed by atoms with E-state index in [4.69, 9.17) is 11.6 Å². The fraction of sp³-hybridized carbons (Fsp3) is 0.733. The van der Waals surface area contributed by atoms with Gasteiger partial charge in [0.2, 0.25) is 11.8 Å². The minimum Gasteiger partial charge on any atom is -0.340 e. The van der Waals surface area contributed by atoms with Crippen molar-refractivity contribution in [2.75, 3.05) is 6.54 Å². The maximum Gasteiger partial charge on any atom is 0.248 e. The highest BCUT2D eigenvalue weighted by molar-refractivity contribution is 6.25. The number of nitrogens with one attached hydrogen (secondary N) is 1. The molecule has 5 heteroatoms. The van der Waals surface area contributed by atoms with Crippen LogP contribution in [-0.2, 0) is 9.59 Å². The second-order valence-electron chi connectivity index (χ2n) is 6.21. The Morgan fingerprint density at radius 1 is 1.50 bits per heavy atom. The summed E-state index contributed by atoms with van der Waals surface area (Å²) in [6.07, 6.45) is 1.24. The largest absolute Gasteiger partial charge is 0.340 e. The molecule has 0 aromatic carbocycles. The van der Waals surface area contributed by atoms with E-state index in [0.717, 1.165) is 5.57 Å². The van der Waals surface area contributed by atoms with Gasteiger partial charge in [0.25, 0.3) is 0 Å². The maximum absolute atomic E-state index is 12.7. The van der Waals surface area contributed by atoms with Crippen molar-refractivity contribution in [3.05, 3.63) is 11.1 Å². The number of hydrogen-bond acceptors (Lipinski definition) is 2. The molecule has 0 spiro atoms. The molecule has 0 aliphatic carbocycles. The molecule has 114 valence electrons. The van der Waals surface area contributed by atoms with Crippen LogP contribution in [0.1, 0.15) is 47.5 Å². The third-order valence-corrected chi connectivity index (χ3v) is 4.19. The van der Waals surface area contributed by atoms with E-state index in [9.17, 15) is 9.59 Å². The Labute approximate surface area is 126 Å². The topological polar surface area (TPSA) is 49.4 Å². The Morgan fingerprint density at radius 2 is 2.10 bits per heavy atom. The summed E-state index contributed by atoms with van der Waals surface area (Å²) in [6, 6.07) is -0.409. The van der Waals surface area contributed by atoms with Gasteiger partial charge in [-0.2, -0.15) is 0 Å². The summed E-state index contributed by atoms with van der Waals surface area (Å²) in [5.74, 6) is 0.250. The number of halogens is 1. The molecule has 1 fully saturated rings. The first-order chi connectivity index (χ1) is 9.25. The first-order valence-corrected chi connectivity index (χ1v) is 7.57. The fourth-order valence-corrected chi connectivity index (χ4v) is 2.48. The smallest absolute Gasteiger partial charge is 0.248 e. The van der Waals surface area contributed by atoms with Crippen molar-refractivity contribution >= 4 is 23.4 Å². The molecule has 2 atom stereocenters. The quantitative estimate of drug-likeness (QED) is 0.848. The zero-order valence-electron chi connectivity index (χ0n) is 13.0. The van der Waals surface area contributed by atoms with Crippen LogP contribution in [0.4, 0.5) is 0 Å². The van der Waals surface area contributed by atoms with Gasteiger partial charge in [-0.15, -0.1) is 0 Å². The molecule has 0 aromatic heterocycles. The molecule has 1 heterocycles. The normalized spacial score (nSPS) is 28.1. The molecule has 20 heavy (non-hydrogen) atoms. The number of amides is 2. The van der Waals surface area contributed by atoms with Crippen LogP contribution in [0, 0.1) is 5.92 Å². The molecule has 1 rings (SSSR count). The number of nitrogens with zero attached hydrogens (tertiary/aromatic N) is 1. The van der Waals surface area contributed by atoms with Gasteiger partial charge in [-0.1, -0.05) is 32.4 Å². The average Bonchev–Trinajstić information content (AvgIpc) is 2.39. The van der Waals surface area contributed by atoms with E-state index in [-0.39, 0.29) is 11.8 Å². The molecule has 1 aliphatic rings. The zero-order chi connectivity index (χ0) is 15.5. The summed E-state index contributed by atoms with van der Waals surface area (Å²) in [5, 5.41) is 2.89. The van der Waals surface area contributed by atoms with Crippen molar-refractivity contribution in [3.63, 3.8) is 0 Å². The molecule has 2 unspecified atom stereocenters. The minimum atomic E-state index is -0.808. The van der Waals surface area contributed by atoms with E-state index in [0.29, 0.717) is 25.3 Å². The summed E-state index contributed by atoms with van der Waals surface area (Å²) in [7, 11) is 0. The van der Waals surface area contributed by atoms with Gasteiger partial charge in [0.15, 0.2) is 0 Å². The van der Waals surface area contributed by atoms with Crippen LogP contribution in [0.3, 0.4) is 0 Å². The maximum atomic E-state index is 12.7. The number of rotatable bonds is 5. The molecule has 2 amide bonds. The van der Waals surface area contributed by atoms with Gasteiger partial charge < -0.3 is 10.2 Å². The molecule has 4 nitrogen and oxygen atoms in total. The van der Waals surface area contributed by atoms with Crippen molar-refractivity contribution in [2.24, 2.45) is 5.92 Å². The van der Waals surface area contributed by atoms with E-state index in [1.54, 1.807) is 11.8 Å². The van der Waals surface area contributed by atoms with Crippen LogP contribution < -0.4 is 5.32 Å². The van der Waals surface area contributed by atoms with Crippen molar-refractivity contribution < 1.29 is 9.59 Å². The molecule has 1 N–H and O–H groups in total. The molecular weight excluding hydrogens is 276 g/mol. The van der Waals surface area contributed by atoms with Crippen LogP contribution in [0.2, 0.25) is 0 Å². The Balaban J connectivity index is 3.10. The number of carbonyl (C=O) groups is 2. The van der Waals surface area contributed by atoms with Crippen LogP contribution >= 0.6 is 11.6 Å². The third kappa shape index (κ3) is 3.54. The Morgan fingerprint density at radius 3 is 2.55 bits per heavy atom. The van der Waals surface area contributed by atoms with Gasteiger partial charge >= 0.3 is 0 Å². The van der Waals surface area contributed by atoms with Gasteiger partial charge in [0.1, 0.15) is 11.6 Å². The first kappa shape index (κ1) is 17.0. The summed E-state index contributed by atoms with van der Waals surface area (Å²) >= 11 is 5.71. The number of hydrogen-bond donors (Lipinski definition) is 1. The molecule has 0 bridgehead atoms. The van der Waals surface area contributed by atoms with Gasteiger partial charge in [-0.05, 0) is 38.2 Å². The van der Waals surface area contributed by atoms with Crippen LogP contribution in [-0.4, -0.2) is 34.8 Å². The highest BCUT2D eigenvalue weighted by atomic mass is 35.5. The predicted octanol–water partition coefficient (Wildman–Crippen LogP) is 2.67. The number of piperazine rings is 1. The second kappa shape index (κ2) is 6.61. The van der Waals surface area contributed by atoms with Crippen molar-refractivity contribution in [1.82, 2.24) is 10.2 Å². The monoisotopic (exact) mass is 300 g/mol. The molecule has 1 aliphatic heterocycles. The third-order valence-electron chi connectivity index (χ3n) is 3.82. The lowest BCUT2D eigenvalue weighted by Crippen LogP contribution is -2.69. The van der Waals surface area contributed by atoms with Crippen LogP contribution in [0.5, 0.6) is 0 Å². The fourth-order valence-electron chi connectivity index (χ4n) is 2.41. The Kier molecular flexibility index (Phi) is 5.63. The molecule has 0 saturated carbocycles. The van der Waals surface area contributed by atoms with Crippen molar-refractivity contribution in [2.45, 2.75) is 59.0 Å². The van der Waals surface area contributed by atoms with Crippen LogP contribution in [0.25, 0.3) is 0 Å². The minimum absolute atomic E-state index is 0.0249. The van der Waals surface area contributed by atoms with E-state index < -0.39 is 11.6 Å². The van der Waals surface area contributed by atoms with Crippen molar-refractivity contribution in [3.8, 4) is 0 Å². The summed E-state index contributed by atoms with van der Waals surface area (Å²) in [6.45, 7) is 10.1. The molecular formula is C15H25ClN2O2. The molecule has 0 aromatic rings. The summed E-state index contributed by atoms with van der Waals surface area (Å²) < 4.78 is 0. The van der Waals surface area contributed by atoms with Gasteiger partial charge in [0.05, 0.1) is 0 Å². The van der Waals surface area contributed by atoms with Crippen LogP contribution in [0.15, 0.2) is 11.1 Å². The lowest BCUT2D eigenvalue weighted by Gasteiger charge is -2.44. The average molecular weight is 301 g/mol. The lowest BCUT2D eigenvalue weighted by atomic mass is 9.89. The first-order valence-electron chi connectivity index (χ1n) is 7.14. The van der Waals surface area contributed by atoms with Gasteiger partial charge in [0, 0.05) is 12.1 Å². The highest BCUT2D eigenvalue weighted by Crippen LogP contribution is 2.25. The summed E-state index contributed by atoms with van der Waals surface area (Å²) in [5.41, 5.74) is 1.54. The standard InChI is InChI=1S/C15H25ClN2O2/c1-6-15(5)14(20)18(9-11(4)8-16)12(7-10(2)3)13(19)17-15/h8,10,12H,6-7,9H2,1-5H3,(H,17,19).